The molecule has 0 aliphatic carbocycles. The summed E-state index contributed by atoms with van der Waals surface area (Å²) < 4.78 is 0. The van der Waals surface area contributed by atoms with E-state index in [9.17, 15) is 0 Å². The highest BCUT2D eigenvalue weighted by atomic mass is 32.1. The first-order chi connectivity index (χ1) is 13.3. The standard InChI is InChI=1S/C21H29N5S/c1-22-21(23-10-13-25-11-8-20-17(15-25)9-14-27-20)24-18-7-12-26(16-18)19-5-3-2-4-6-19/h2-6,9,14,18H,7-8,10-13,15-16H2,1H3,(H2,22,23,24). The SMILES string of the molecule is CN=C(NCCN1CCc2sccc2C1)NC1CCN(c2ccccc2)C1. The molecule has 1 aromatic carbocycles. The van der Waals surface area contributed by atoms with Crippen LogP contribution in [0.25, 0.3) is 0 Å². The van der Waals surface area contributed by atoms with Gasteiger partial charge in [-0.15, -0.1) is 11.3 Å². The maximum absolute atomic E-state index is 4.42. The van der Waals surface area contributed by atoms with Crippen LogP contribution >= 0.6 is 11.3 Å². The molecule has 3 heterocycles. The highest BCUT2D eigenvalue weighted by Gasteiger charge is 2.23. The summed E-state index contributed by atoms with van der Waals surface area (Å²) in [7, 11) is 1.86. The van der Waals surface area contributed by atoms with Gasteiger partial charge in [0.05, 0.1) is 0 Å². The van der Waals surface area contributed by atoms with Gasteiger partial charge in [0.2, 0.25) is 0 Å². The molecule has 27 heavy (non-hydrogen) atoms. The molecular weight excluding hydrogens is 354 g/mol. The van der Waals surface area contributed by atoms with Gasteiger partial charge in [0.1, 0.15) is 0 Å². The van der Waals surface area contributed by atoms with Crippen molar-refractivity contribution in [2.75, 3.05) is 44.7 Å². The molecule has 0 saturated carbocycles. The van der Waals surface area contributed by atoms with Gasteiger partial charge < -0.3 is 15.5 Å². The lowest BCUT2D eigenvalue weighted by Gasteiger charge is -2.27. The molecule has 2 aliphatic rings. The summed E-state index contributed by atoms with van der Waals surface area (Å²) in [6, 6.07) is 13.4. The van der Waals surface area contributed by atoms with Crippen molar-refractivity contribution in [1.29, 1.82) is 0 Å². The van der Waals surface area contributed by atoms with Crippen molar-refractivity contribution in [3.63, 3.8) is 0 Å². The van der Waals surface area contributed by atoms with Gasteiger partial charge in [-0.25, -0.2) is 0 Å². The number of para-hydroxylation sites is 1. The molecule has 1 fully saturated rings. The second-order valence-electron chi connectivity index (χ2n) is 7.31. The summed E-state index contributed by atoms with van der Waals surface area (Å²) >= 11 is 1.90. The van der Waals surface area contributed by atoms with E-state index in [0.717, 1.165) is 51.6 Å². The third kappa shape index (κ3) is 4.62. The zero-order valence-electron chi connectivity index (χ0n) is 16.0. The monoisotopic (exact) mass is 383 g/mol. The highest BCUT2D eigenvalue weighted by molar-refractivity contribution is 7.10. The van der Waals surface area contributed by atoms with Crippen molar-refractivity contribution < 1.29 is 0 Å². The summed E-state index contributed by atoms with van der Waals surface area (Å²) in [5, 5.41) is 9.31. The van der Waals surface area contributed by atoms with Crippen LogP contribution < -0.4 is 15.5 Å². The van der Waals surface area contributed by atoms with Crippen LogP contribution in [0.5, 0.6) is 0 Å². The van der Waals surface area contributed by atoms with E-state index in [-0.39, 0.29) is 0 Å². The maximum atomic E-state index is 4.42. The van der Waals surface area contributed by atoms with Crippen molar-refractivity contribution >= 4 is 23.0 Å². The van der Waals surface area contributed by atoms with Gasteiger partial charge in [-0.1, -0.05) is 18.2 Å². The molecule has 1 aromatic heterocycles. The molecule has 2 N–H and O–H groups in total. The minimum atomic E-state index is 0.444. The minimum Gasteiger partial charge on any atom is -0.369 e. The summed E-state index contributed by atoms with van der Waals surface area (Å²) in [5.41, 5.74) is 2.82. The van der Waals surface area contributed by atoms with Crippen LogP contribution in [0.1, 0.15) is 16.9 Å². The van der Waals surface area contributed by atoms with Gasteiger partial charge in [0, 0.05) is 62.9 Å². The molecule has 0 bridgehead atoms. The van der Waals surface area contributed by atoms with Gasteiger partial charge in [0.25, 0.3) is 0 Å². The number of nitrogens with one attached hydrogen (secondary N) is 2. The van der Waals surface area contributed by atoms with Crippen molar-refractivity contribution in [1.82, 2.24) is 15.5 Å². The number of benzene rings is 1. The van der Waals surface area contributed by atoms with E-state index < -0.39 is 0 Å². The van der Waals surface area contributed by atoms with E-state index in [4.69, 9.17) is 0 Å². The summed E-state index contributed by atoms with van der Waals surface area (Å²) in [6.07, 6.45) is 2.33. The van der Waals surface area contributed by atoms with Crippen LogP contribution in [-0.2, 0) is 13.0 Å². The molecule has 4 rings (SSSR count). The Morgan fingerprint density at radius 2 is 2.11 bits per heavy atom. The van der Waals surface area contributed by atoms with Crippen LogP contribution in [0.15, 0.2) is 46.8 Å². The number of fused-ring (bicyclic) bond motifs is 1. The molecule has 144 valence electrons. The van der Waals surface area contributed by atoms with Gasteiger partial charge in [-0.05, 0) is 42.0 Å². The second-order valence-corrected chi connectivity index (χ2v) is 8.31. The normalized spacial score (nSPS) is 20.6. The molecule has 5 nitrogen and oxygen atoms in total. The van der Waals surface area contributed by atoms with E-state index in [1.807, 2.05) is 18.4 Å². The Kier molecular flexibility index (Phi) is 5.94. The molecule has 0 radical (unpaired) electrons. The summed E-state index contributed by atoms with van der Waals surface area (Å²) in [6.45, 7) is 6.34. The molecule has 2 aromatic rings. The fraction of sp³-hybridized carbons (Fsp3) is 0.476. The van der Waals surface area contributed by atoms with Crippen LogP contribution in [0.3, 0.4) is 0 Å². The zero-order chi connectivity index (χ0) is 18.5. The van der Waals surface area contributed by atoms with Crippen LogP contribution in [0, 0.1) is 0 Å². The number of rotatable bonds is 5. The van der Waals surface area contributed by atoms with Crippen LogP contribution in [0.2, 0.25) is 0 Å². The van der Waals surface area contributed by atoms with Crippen LogP contribution in [-0.4, -0.2) is 56.7 Å². The Morgan fingerprint density at radius 1 is 1.22 bits per heavy atom. The second kappa shape index (κ2) is 8.76. The van der Waals surface area contributed by atoms with Crippen molar-refractivity contribution in [2.45, 2.75) is 25.4 Å². The van der Waals surface area contributed by atoms with E-state index in [1.165, 1.54) is 17.7 Å². The fourth-order valence-corrected chi connectivity index (χ4v) is 4.86. The number of hydrogen-bond acceptors (Lipinski definition) is 4. The zero-order valence-corrected chi connectivity index (χ0v) is 16.8. The number of thiophene rings is 1. The molecular formula is C21H29N5S. The lowest BCUT2D eigenvalue weighted by Crippen LogP contribution is -2.47. The van der Waals surface area contributed by atoms with Gasteiger partial charge in [0.15, 0.2) is 5.96 Å². The third-order valence-corrected chi connectivity index (χ3v) is 6.50. The summed E-state index contributed by atoms with van der Waals surface area (Å²) in [5.74, 6) is 0.920. The molecule has 2 aliphatic heterocycles. The van der Waals surface area contributed by atoms with Crippen molar-refractivity contribution in [2.24, 2.45) is 4.99 Å². The topological polar surface area (TPSA) is 42.9 Å². The van der Waals surface area contributed by atoms with E-state index in [2.05, 4.69) is 67.2 Å². The van der Waals surface area contributed by atoms with E-state index >= 15 is 0 Å². The maximum Gasteiger partial charge on any atom is 0.191 e. The average molecular weight is 384 g/mol. The number of nitrogens with zero attached hydrogens (tertiary/aromatic N) is 3. The minimum absolute atomic E-state index is 0.444. The number of guanidine groups is 1. The van der Waals surface area contributed by atoms with E-state index in [1.54, 1.807) is 4.88 Å². The lowest BCUT2D eigenvalue weighted by molar-refractivity contribution is 0.260. The molecule has 6 heteroatoms. The van der Waals surface area contributed by atoms with Gasteiger partial charge >= 0.3 is 0 Å². The smallest absolute Gasteiger partial charge is 0.191 e. The molecule has 1 saturated heterocycles. The predicted octanol–water partition coefficient (Wildman–Crippen LogP) is 2.55. The first kappa shape index (κ1) is 18.3. The van der Waals surface area contributed by atoms with Crippen molar-refractivity contribution in [3.8, 4) is 0 Å². The lowest BCUT2D eigenvalue weighted by atomic mass is 10.1. The Hall–Kier alpha value is -2.05. The molecule has 1 unspecified atom stereocenters. The average Bonchev–Trinajstić information content (AvgIpc) is 3.37. The largest absolute Gasteiger partial charge is 0.369 e. The Morgan fingerprint density at radius 3 is 2.96 bits per heavy atom. The Balaban J connectivity index is 1.20. The highest BCUT2D eigenvalue weighted by Crippen LogP contribution is 2.23. The molecule has 0 spiro atoms. The Bertz CT molecular complexity index is 757. The molecule has 0 amide bonds. The number of aliphatic imine (C=N–C) groups is 1. The first-order valence-corrected chi connectivity index (χ1v) is 10.7. The number of anilines is 1. The summed E-state index contributed by atoms with van der Waals surface area (Å²) in [4.78, 5) is 11.0. The first-order valence-electron chi connectivity index (χ1n) is 9.86. The Labute approximate surface area is 166 Å². The van der Waals surface area contributed by atoms with Gasteiger partial charge in [-0.2, -0.15) is 0 Å². The van der Waals surface area contributed by atoms with Crippen LogP contribution in [0.4, 0.5) is 5.69 Å². The fourth-order valence-electron chi connectivity index (χ4n) is 3.97. The molecule has 1 atom stereocenters. The van der Waals surface area contributed by atoms with Gasteiger partial charge in [-0.3, -0.25) is 9.89 Å². The third-order valence-electron chi connectivity index (χ3n) is 5.48. The quantitative estimate of drug-likeness (QED) is 0.615. The van der Waals surface area contributed by atoms with Crippen molar-refractivity contribution in [3.05, 3.63) is 52.2 Å². The predicted molar refractivity (Wildman–Crippen MR) is 115 cm³/mol. The van der Waals surface area contributed by atoms with E-state index in [0.29, 0.717) is 6.04 Å². The number of hydrogen-bond donors (Lipinski definition) is 2.